The Bertz CT molecular complexity index is 941. The standard InChI is InChI=1S/C21H22N4O2S2/c1-15-7-9-17(10-8-15)22-20-23-24-21(29-20)28-18(16-5-3-2-4-6-16)19(26)25-11-13-27-14-12-25/h2-10,18H,11-14H2,1H3,(H,22,23)/t18-/m1/s1. The number of aryl methyl sites for hydroxylation is 1. The number of rotatable bonds is 6. The molecule has 1 aliphatic heterocycles. The van der Waals surface area contributed by atoms with Crippen molar-refractivity contribution < 1.29 is 9.53 Å². The first kappa shape index (κ1) is 19.9. The summed E-state index contributed by atoms with van der Waals surface area (Å²) in [4.78, 5) is 15.1. The molecule has 2 heterocycles. The topological polar surface area (TPSA) is 67.4 Å². The van der Waals surface area contributed by atoms with Gasteiger partial charge in [-0.05, 0) is 24.6 Å². The van der Waals surface area contributed by atoms with Crippen molar-refractivity contribution in [3.05, 3.63) is 65.7 Å². The molecule has 2 aromatic carbocycles. The van der Waals surface area contributed by atoms with E-state index in [1.807, 2.05) is 59.5 Å². The molecule has 1 fully saturated rings. The normalized spacial score (nSPS) is 15.1. The molecule has 1 atom stereocenters. The van der Waals surface area contributed by atoms with Crippen molar-refractivity contribution in [2.45, 2.75) is 16.5 Å². The van der Waals surface area contributed by atoms with Crippen LogP contribution in [0.3, 0.4) is 0 Å². The molecule has 1 amide bonds. The van der Waals surface area contributed by atoms with Crippen LogP contribution < -0.4 is 5.32 Å². The third kappa shape index (κ3) is 5.14. The van der Waals surface area contributed by atoms with Crippen LogP contribution in [0, 0.1) is 6.92 Å². The molecule has 6 nitrogen and oxygen atoms in total. The molecule has 4 rings (SSSR count). The fourth-order valence-electron chi connectivity index (χ4n) is 3.01. The molecule has 3 aromatic rings. The van der Waals surface area contributed by atoms with Crippen LogP contribution in [0.25, 0.3) is 0 Å². The highest BCUT2D eigenvalue weighted by Gasteiger charge is 2.29. The second-order valence-electron chi connectivity index (χ2n) is 6.71. The number of hydrogen-bond donors (Lipinski definition) is 1. The largest absolute Gasteiger partial charge is 0.378 e. The number of nitrogens with zero attached hydrogens (tertiary/aromatic N) is 3. The Morgan fingerprint density at radius 2 is 1.83 bits per heavy atom. The van der Waals surface area contributed by atoms with Crippen molar-refractivity contribution in [3.8, 4) is 0 Å². The van der Waals surface area contributed by atoms with Crippen molar-refractivity contribution in [3.63, 3.8) is 0 Å². The Kier molecular flexibility index (Phi) is 6.43. The highest BCUT2D eigenvalue weighted by molar-refractivity contribution is 8.01. The summed E-state index contributed by atoms with van der Waals surface area (Å²) in [7, 11) is 0. The Morgan fingerprint density at radius 1 is 1.10 bits per heavy atom. The van der Waals surface area contributed by atoms with E-state index >= 15 is 0 Å². The molecular weight excluding hydrogens is 404 g/mol. The molecule has 1 saturated heterocycles. The summed E-state index contributed by atoms with van der Waals surface area (Å²) < 4.78 is 6.15. The maximum atomic E-state index is 13.2. The molecule has 29 heavy (non-hydrogen) atoms. The van der Waals surface area contributed by atoms with E-state index in [1.54, 1.807) is 0 Å². The summed E-state index contributed by atoms with van der Waals surface area (Å²) in [5, 5.41) is 12.2. The minimum absolute atomic E-state index is 0.0905. The average Bonchev–Trinajstić information content (AvgIpc) is 3.21. The van der Waals surface area contributed by atoms with Crippen molar-refractivity contribution in [2.75, 3.05) is 31.6 Å². The number of benzene rings is 2. The molecule has 0 aliphatic carbocycles. The van der Waals surface area contributed by atoms with Gasteiger partial charge in [-0.3, -0.25) is 4.79 Å². The van der Waals surface area contributed by atoms with E-state index in [4.69, 9.17) is 4.74 Å². The number of aromatic nitrogens is 2. The van der Waals surface area contributed by atoms with Crippen LogP contribution in [0.4, 0.5) is 10.8 Å². The second kappa shape index (κ2) is 9.39. The van der Waals surface area contributed by atoms with E-state index in [2.05, 4.69) is 22.4 Å². The lowest BCUT2D eigenvalue weighted by Crippen LogP contribution is -2.42. The lowest BCUT2D eigenvalue weighted by Gasteiger charge is -2.30. The number of ether oxygens (including phenoxy) is 1. The summed E-state index contributed by atoms with van der Waals surface area (Å²) in [5.41, 5.74) is 3.14. The second-order valence-corrected chi connectivity index (χ2v) is 9.04. The maximum absolute atomic E-state index is 13.2. The molecule has 1 aliphatic rings. The van der Waals surface area contributed by atoms with Gasteiger partial charge in [-0.15, -0.1) is 10.2 Å². The molecular formula is C21H22N4O2S2. The van der Waals surface area contributed by atoms with Gasteiger partial charge in [0.15, 0.2) is 4.34 Å². The van der Waals surface area contributed by atoms with Crippen molar-refractivity contribution in [1.82, 2.24) is 15.1 Å². The molecule has 0 saturated carbocycles. The number of hydrogen-bond acceptors (Lipinski definition) is 7. The predicted molar refractivity (Wildman–Crippen MR) is 117 cm³/mol. The maximum Gasteiger partial charge on any atom is 0.240 e. The van der Waals surface area contributed by atoms with Crippen LogP contribution in [0.5, 0.6) is 0 Å². The fourth-order valence-corrected chi connectivity index (χ4v) is 5.06. The number of amides is 1. The first-order chi connectivity index (χ1) is 14.2. The average molecular weight is 427 g/mol. The van der Waals surface area contributed by atoms with Gasteiger partial charge in [-0.1, -0.05) is 71.1 Å². The Balaban J connectivity index is 1.51. The van der Waals surface area contributed by atoms with Crippen molar-refractivity contribution >= 4 is 39.8 Å². The highest BCUT2D eigenvalue weighted by Crippen LogP contribution is 2.39. The zero-order chi connectivity index (χ0) is 20.1. The van der Waals surface area contributed by atoms with E-state index in [0.717, 1.165) is 15.6 Å². The molecule has 0 unspecified atom stereocenters. The molecule has 0 spiro atoms. The van der Waals surface area contributed by atoms with Gasteiger partial charge in [0.25, 0.3) is 0 Å². The van der Waals surface area contributed by atoms with E-state index in [-0.39, 0.29) is 11.2 Å². The van der Waals surface area contributed by atoms with Crippen LogP contribution in [0.1, 0.15) is 16.4 Å². The SMILES string of the molecule is Cc1ccc(Nc2nnc(S[C@@H](C(=O)N3CCOCC3)c3ccccc3)s2)cc1. The monoisotopic (exact) mass is 426 g/mol. The number of morpholine rings is 1. The van der Waals surface area contributed by atoms with Crippen LogP contribution in [-0.2, 0) is 9.53 Å². The van der Waals surface area contributed by atoms with E-state index in [0.29, 0.717) is 31.4 Å². The van der Waals surface area contributed by atoms with E-state index in [9.17, 15) is 4.79 Å². The van der Waals surface area contributed by atoms with Crippen LogP contribution in [0.15, 0.2) is 58.9 Å². The van der Waals surface area contributed by atoms with Gasteiger partial charge >= 0.3 is 0 Å². The zero-order valence-electron chi connectivity index (χ0n) is 16.1. The van der Waals surface area contributed by atoms with Gasteiger partial charge in [0, 0.05) is 18.8 Å². The Hall–Kier alpha value is -2.42. The Morgan fingerprint density at radius 3 is 2.55 bits per heavy atom. The zero-order valence-corrected chi connectivity index (χ0v) is 17.7. The lowest BCUT2D eigenvalue weighted by atomic mass is 10.1. The smallest absolute Gasteiger partial charge is 0.240 e. The summed E-state index contributed by atoms with van der Waals surface area (Å²) in [5.74, 6) is 0.0905. The molecule has 0 radical (unpaired) electrons. The Labute approximate surface area is 178 Å². The van der Waals surface area contributed by atoms with Crippen LogP contribution in [0.2, 0.25) is 0 Å². The molecule has 1 aromatic heterocycles. The minimum atomic E-state index is -0.352. The summed E-state index contributed by atoms with van der Waals surface area (Å²) in [6.07, 6.45) is 0. The fraction of sp³-hybridized carbons (Fsp3) is 0.286. The summed E-state index contributed by atoms with van der Waals surface area (Å²) in [6, 6.07) is 18.0. The van der Waals surface area contributed by atoms with Gasteiger partial charge in [-0.2, -0.15) is 0 Å². The lowest BCUT2D eigenvalue weighted by molar-refractivity contribution is -0.134. The quantitative estimate of drug-likeness (QED) is 0.594. The minimum Gasteiger partial charge on any atom is -0.378 e. The van der Waals surface area contributed by atoms with Gasteiger partial charge < -0.3 is 15.0 Å². The van der Waals surface area contributed by atoms with E-state index < -0.39 is 0 Å². The number of thioether (sulfide) groups is 1. The third-order valence-corrected chi connectivity index (χ3v) is 6.74. The van der Waals surface area contributed by atoms with E-state index in [1.165, 1.54) is 28.7 Å². The van der Waals surface area contributed by atoms with Crippen molar-refractivity contribution in [1.29, 1.82) is 0 Å². The first-order valence-electron chi connectivity index (χ1n) is 9.44. The first-order valence-corrected chi connectivity index (χ1v) is 11.1. The highest BCUT2D eigenvalue weighted by atomic mass is 32.2. The number of anilines is 2. The summed E-state index contributed by atoms with van der Waals surface area (Å²) >= 11 is 2.90. The van der Waals surface area contributed by atoms with Gasteiger partial charge in [0.05, 0.1) is 13.2 Å². The summed E-state index contributed by atoms with van der Waals surface area (Å²) in [6.45, 7) is 4.47. The molecule has 1 N–H and O–H groups in total. The molecule has 8 heteroatoms. The van der Waals surface area contributed by atoms with Gasteiger partial charge in [0.2, 0.25) is 11.0 Å². The predicted octanol–water partition coefficient (Wildman–Crippen LogP) is 4.28. The molecule has 150 valence electrons. The third-order valence-electron chi connectivity index (χ3n) is 4.58. The van der Waals surface area contributed by atoms with Gasteiger partial charge in [-0.25, -0.2) is 0 Å². The van der Waals surface area contributed by atoms with Gasteiger partial charge in [0.1, 0.15) is 5.25 Å². The number of carbonyl (C=O) groups excluding carboxylic acids is 1. The van der Waals surface area contributed by atoms with Crippen LogP contribution in [-0.4, -0.2) is 47.3 Å². The van der Waals surface area contributed by atoms with Crippen molar-refractivity contribution in [2.24, 2.45) is 0 Å². The molecule has 0 bridgehead atoms. The number of carbonyl (C=O) groups is 1. The van der Waals surface area contributed by atoms with Crippen LogP contribution >= 0.6 is 23.1 Å². The number of nitrogens with one attached hydrogen (secondary N) is 1.